The molecule has 2 aliphatic carbocycles. The number of pyridine rings is 4. The first-order chi connectivity index (χ1) is 51.4. The van der Waals surface area contributed by atoms with Gasteiger partial charge in [0.2, 0.25) is 0 Å². The van der Waals surface area contributed by atoms with Gasteiger partial charge in [-0.25, -0.2) is 48.7 Å². The van der Waals surface area contributed by atoms with Gasteiger partial charge in [0, 0.05) is 103 Å². The third kappa shape index (κ3) is 15.0. The van der Waals surface area contributed by atoms with Crippen LogP contribution in [0.15, 0.2) is 190 Å². The molecular formula is C86H72F4N12O4. The van der Waals surface area contributed by atoms with E-state index >= 15 is 4.39 Å². The molecule has 528 valence electrons. The third-order valence-corrected chi connectivity index (χ3v) is 20.8. The van der Waals surface area contributed by atoms with Crippen molar-refractivity contribution in [2.75, 3.05) is 13.3 Å². The Bertz CT molecular complexity index is 5780. The number of benzene rings is 4. The molecule has 20 heteroatoms. The van der Waals surface area contributed by atoms with Crippen LogP contribution in [-0.2, 0) is 51.9 Å². The molecule has 18 rings (SSSR count). The van der Waals surface area contributed by atoms with Crippen LogP contribution in [0.1, 0.15) is 134 Å². The van der Waals surface area contributed by atoms with Crippen molar-refractivity contribution in [1.82, 2.24) is 58.1 Å². The minimum absolute atomic E-state index is 0.0261. The zero-order valence-corrected chi connectivity index (χ0v) is 58.6. The minimum Gasteiger partial charge on any atom is -0.296 e. The van der Waals surface area contributed by atoms with Gasteiger partial charge in [-0.3, -0.25) is 46.2 Å². The Balaban J connectivity index is 0.000000113. The summed E-state index contributed by atoms with van der Waals surface area (Å²) >= 11 is 0. The predicted molar refractivity (Wildman–Crippen MR) is 399 cm³/mol. The molecule has 16 nitrogen and oxygen atoms in total. The van der Waals surface area contributed by atoms with Gasteiger partial charge >= 0.3 is 0 Å². The summed E-state index contributed by atoms with van der Waals surface area (Å²) in [6.07, 6.45) is 14.0. The number of hydrogen-bond donors (Lipinski definition) is 0. The first kappa shape index (κ1) is 69.7. The van der Waals surface area contributed by atoms with Crippen molar-refractivity contribution in [2.24, 2.45) is 22.2 Å². The molecule has 2 fully saturated rings. The van der Waals surface area contributed by atoms with Crippen LogP contribution < -0.4 is 22.2 Å². The molecule has 0 N–H and O–H groups in total. The predicted octanol–water partition coefficient (Wildman–Crippen LogP) is 12.7. The standard InChI is InChI=1S/2C22H18FN3O.C21H17F2N3O.C21H19N3O/c23-22(16-6-7-16)11-10-20-25-19-13-15(4-8-17-3-1-2-12-24-17)5-9-18(19)21(27)26(20)14-22;23-19-8-9-20-25-18-13-15(4-6-16-3-1-2-12-24-16)5-7-17(18)21(27)26(20)14-22(19)10-11-22;22-12-21(13-23)9-8-19-25-18-11-15(4-6-16-3-1-2-10-24-16)5-7-17(18)20(27)26(19)14-21;1-21(2)11-10-19-23-18-13-15(6-8-16-5-3-4-12-22-16)7-9-17(18)20(25)24(19)14-21/h1-3,5,9,12-13,16H,6-7,10-11,14H2;1-3,5,7,12-13,19H,8-11,14H2;1-3,5,7,10-11H,8-9,12-14H2;3-5,7,9,12-13H,10-11,14H2,1-2H3. The Kier molecular flexibility index (Phi) is 19.2. The molecule has 4 aromatic carbocycles. The second-order valence-corrected chi connectivity index (χ2v) is 29.1. The summed E-state index contributed by atoms with van der Waals surface area (Å²) in [4.78, 5) is 86.9. The van der Waals surface area contributed by atoms with E-state index in [4.69, 9.17) is 9.97 Å². The topological polar surface area (TPSA) is 191 Å². The van der Waals surface area contributed by atoms with Crippen LogP contribution in [0.5, 0.6) is 0 Å². The molecule has 2 saturated carbocycles. The molecule has 6 aliphatic rings. The van der Waals surface area contributed by atoms with Crippen LogP contribution in [0.4, 0.5) is 17.6 Å². The fraction of sp³-hybridized carbons (Fsp3) is 0.302. The van der Waals surface area contributed by atoms with Gasteiger partial charge in [-0.15, -0.1) is 0 Å². The largest absolute Gasteiger partial charge is 0.296 e. The van der Waals surface area contributed by atoms with Crippen LogP contribution in [0.25, 0.3) is 43.6 Å². The highest BCUT2D eigenvalue weighted by Gasteiger charge is 2.52. The molecule has 2 atom stereocenters. The Labute approximate surface area is 608 Å². The average Bonchev–Trinajstić information content (AvgIpc) is 1.35. The van der Waals surface area contributed by atoms with Crippen LogP contribution in [0, 0.1) is 69.5 Å². The molecular weight excluding hydrogens is 1340 g/mol. The summed E-state index contributed by atoms with van der Waals surface area (Å²) in [5, 5.41) is 2.16. The van der Waals surface area contributed by atoms with Gasteiger partial charge in [0.25, 0.3) is 22.2 Å². The number of aryl methyl sites for hydroxylation is 4. The summed E-state index contributed by atoms with van der Waals surface area (Å²) in [6, 6.07) is 43.9. The fourth-order valence-corrected chi connectivity index (χ4v) is 14.3. The highest BCUT2D eigenvalue weighted by Crippen LogP contribution is 2.54. The van der Waals surface area contributed by atoms with Gasteiger partial charge in [0.1, 0.15) is 57.9 Å². The molecule has 0 saturated heterocycles. The van der Waals surface area contributed by atoms with E-state index in [0.717, 1.165) is 84.4 Å². The molecule has 0 bridgehead atoms. The Morgan fingerprint density at radius 2 is 0.745 bits per heavy atom. The molecule has 0 amide bonds. The summed E-state index contributed by atoms with van der Waals surface area (Å²) in [5.74, 6) is 27.2. The number of aromatic nitrogens is 12. The highest BCUT2D eigenvalue weighted by molar-refractivity contribution is 5.82. The van der Waals surface area contributed by atoms with Crippen molar-refractivity contribution in [3.63, 3.8) is 0 Å². The molecule has 1 spiro atoms. The zero-order chi connectivity index (χ0) is 73.2. The summed E-state index contributed by atoms with van der Waals surface area (Å²) < 4.78 is 62.8. The monoisotopic (exact) mass is 1410 g/mol. The van der Waals surface area contributed by atoms with E-state index in [1.165, 1.54) is 4.57 Å². The fourth-order valence-electron chi connectivity index (χ4n) is 14.3. The van der Waals surface area contributed by atoms with Gasteiger partial charge < -0.3 is 0 Å². The van der Waals surface area contributed by atoms with Crippen molar-refractivity contribution >= 4 is 43.6 Å². The molecule has 106 heavy (non-hydrogen) atoms. The lowest BCUT2D eigenvalue weighted by Crippen LogP contribution is -2.42. The van der Waals surface area contributed by atoms with E-state index in [0.29, 0.717) is 118 Å². The molecule has 2 unspecified atom stereocenters. The lowest BCUT2D eigenvalue weighted by atomic mass is 9.83. The summed E-state index contributed by atoms with van der Waals surface area (Å²) in [7, 11) is 0. The second kappa shape index (κ2) is 29.3. The normalized spacial score (nSPS) is 17.9. The zero-order valence-electron chi connectivity index (χ0n) is 58.6. The lowest BCUT2D eigenvalue weighted by Gasteiger charge is -2.33. The summed E-state index contributed by atoms with van der Waals surface area (Å²) in [6.45, 7) is 4.17. The minimum atomic E-state index is -1.25. The SMILES string of the molecule is CC1(C)CCc2nc3cc(C#Cc4ccccn4)ccc3c(=O)n2C1.O=c1c2ccc(C#Cc3ccccn3)cc2nc2n1CC(CF)(CF)CC2.O=c1c2ccc(C#Cc3ccccn3)cc2nc2n1CC(F)(C1CC1)CC2.O=c1c2ccc(C#Cc3ccccn3)cc2nc2n1CC1(CC1)C(F)CC2. The van der Waals surface area contributed by atoms with E-state index in [1.807, 2.05) is 114 Å². The number of rotatable bonds is 3. The molecule has 12 aromatic rings. The van der Waals surface area contributed by atoms with Gasteiger partial charge in [-0.1, -0.05) is 61.8 Å². The van der Waals surface area contributed by atoms with Gasteiger partial charge in [-0.05, 0) is 208 Å². The number of nitrogens with zero attached hydrogens (tertiary/aromatic N) is 12. The quantitative estimate of drug-likeness (QED) is 0.120. The molecule has 0 radical (unpaired) electrons. The van der Waals surface area contributed by atoms with E-state index in [9.17, 15) is 32.3 Å². The van der Waals surface area contributed by atoms with Crippen molar-refractivity contribution < 1.29 is 17.6 Å². The molecule has 8 aromatic heterocycles. The molecule has 12 heterocycles. The Hall–Kier alpha value is -12.0. The van der Waals surface area contributed by atoms with E-state index in [1.54, 1.807) is 70.3 Å². The number of halogens is 4. The van der Waals surface area contributed by atoms with Crippen molar-refractivity contribution in [1.29, 1.82) is 0 Å². The van der Waals surface area contributed by atoms with Gasteiger partial charge in [0.15, 0.2) is 0 Å². The van der Waals surface area contributed by atoms with E-state index in [-0.39, 0.29) is 52.1 Å². The van der Waals surface area contributed by atoms with Crippen molar-refractivity contribution in [3.05, 3.63) is 280 Å². The first-order valence-corrected chi connectivity index (χ1v) is 35.7. The van der Waals surface area contributed by atoms with Crippen LogP contribution >= 0.6 is 0 Å². The maximum Gasteiger partial charge on any atom is 0.261 e. The number of fused-ring (bicyclic) bond motifs is 8. The van der Waals surface area contributed by atoms with E-state index in [2.05, 4.69) is 91.1 Å². The first-order valence-electron chi connectivity index (χ1n) is 35.7. The Morgan fingerprint density at radius 3 is 1.10 bits per heavy atom. The van der Waals surface area contributed by atoms with Crippen LogP contribution in [-0.4, -0.2) is 83.3 Å². The summed E-state index contributed by atoms with van der Waals surface area (Å²) in [5.41, 5.74) is 5.42. The van der Waals surface area contributed by atoms with Gasteiger partial charge in [0.05, 0.1) is 63.5 Å². The smallest absolute Gasteiger partial charge is 0.261 e. The van der Waals surface area contributed by atoms with E-state index < -0.39 is 30.6 Å². The number of hydrogen-bond acceptors (Lipinski definition) is 12. The Morgan fingerprint density at radius 1 is 0.396 bits per heavy atom. The second-order valence-electron chi connectivity index (χ2n) is 29.1. The lowest BCUT2D eigenvalue weighted by molar-refractivity contribution is 0.0784. The van der Waals surface area contributed by atoms with Gasteiger partial charge in [-0.2, -0.15) is 0 Å². The maximum atomic E-state index is 15.1. The number of alkyl halides is 4. The van der Waals surface area contributed by atoms with Crippen molar-refractivity contribution in [2.45, 2.75) is 129 Å². The highest BCUT2D eigenvalue weighted by atomic mass is 19.1. The van der Waals surface area contributed by atoms with Crippen LogP contribution in [0.2, 0.25) is 0 Å². The van der Waals surface area contributed by atoms with Crippen molar-refractivity contribution in [3.8, 4) is 47.4 Å². The third-order valence-electron chi connectivity index (χ3n) is 20.8. The molecule has 4 aliphatic heterocycles. The van der Waals surface area contributed by atoms with Crippen LogP contribution in [0.3, 0.4) is 0 Å². The maximum absolute atomic E-state index is 15.1. The average molecular weight is 1410 g/mol.